The Labute approximate surface area is 141 Å². The van der Waals surface area contributed by atoms with Gasteiger partial charge in [0.2, 0.25) is 5.16 Å². The predicted octanol–water partition coefficient (Wildman–Crippen LogP) is 4.02. The average Bonchev–Trinajstić information content (AvgIpc) is 2.87. The molecule has 0 bridgehead atoms. The van der Waals surface area contributed by atoms with Crippen molar-refractivity contribution in [2.24, 2.45) is 0 Å². The van der Waals surface area contributed by atoms with Gasteiger partial charge in [0, 0.05) is 15.8 Å². The number of benzene rings is 2. The average molecular weight is 375 g/mol. The van der Waals surface area contributed by atoms with E-state index < -0.39 is 0 Å². The van der Waals surface area contributed by atoms with Crippen LogP contribution in [0.25, 0.3) is 11.4 Å². The van der Waals surface area contributed by atoms with Gasteiger partial charge in [0.05, 0.1) is 0 Å². The molecule has 1 aromatic heterocycles. The summed E-state index contributed by atoms with van der Waals surface area (Å²) in [4.78, 5) is 0. The summed E-state index contributed by atoms with van der Waals surface area (Å²) in [6.45, 7) is 2.09. The molecule has 2 N–H and O–H groups in total. The van der Waals surface area contributed by atoms with Crippen molar-refractivity contribution < 1.29 is 0 Å². The molecule has 112 valence electrons. The number of hydrogen-bond acceptors (Lipinski definition) is 4. The molecule has 2 aromatic carbocycles. The molecule has 3 aromatic rings. The van der Waals surface area contributed by atoms with Crippen LogP contribution in [-0.4, -0.2) is 14.9 Å². The van der Waals surface area contributed by atoms with Crippen LogP contribution in [0.5, 0.6) is 0 Å². The Kier molecular flexibility index (Phi) is 4.49. The molecule has 0 aliphatic carbocycles. The highest BCUT2D eigenvalue weighted by molar-refractivity contribution is 9.10. The molecule has 1 heterocycles. The Bertz CT molecular complexity index is 800. The molecule has 6 heteroatoms. The van der Waals surface area contributed by atoms with Crippen LogP contribution in [0.2, 0.25) is 0 Å². The van der Waals surface area contributed by atoms with Crippen LogP contribution in [0.15, 0.2) is 58.2 Å². The molecule has 0 aliphatic heterocycles. The summed E-state index contributed by atoms with van der Waals surface area (Å²) in [6.07, 6.45) is 0. The number of thioether (sulfide) groups is 1. The van der Waals surface area contributed by atoms with Crippen LogP contribution in [0.3, 0.4) is 0 Å². The third-order valence-electron chi connectivity index (χ3n) is 3.23. The molecular formula is C16H15BrN4S. The SMILES string of the molecule is Cc1cccc(CSc2nnc(-c3ccccc3Br)n2N)c1. The normalized spacial score (nSPS) is 10.8. The topological polar surface area (TPSA) is 56.7 Å². The first kappa shape index (κ1) is 15.1. The van der Waals surface area contributed by atoms with E-state index in [1.807, 2.05) is 24.3 Å². The van der Waals surface area contributed by atoms with Gasteiger partial charge in [-0.2, -0.15) is 0 Å². The number of nitrogens with two attached hydrogens (primary N) is 1. The van der Waals surface area contributed by atoms with Crippen molar-refractivity contribution in [3.8, 4) is 11.4 Å². The summed E-state index contributed by atoms with van der Waals surface area (Å²) in [7, 11) is 0. The molecule has 4 nitrogen and oxygen atoms in total. The number of nitrogens with zero attached hydrogens (tertiary/aromatic N) is 3. The highest BCUT2D eigenvalue weighted by atomic mass is 79.9. The second-order valence-corrected chi connectivity index (χ2v) is 6.73. The van der Waals surface area contributed by atoms with E-state index in [1.54, 1.807) is 16.4 Å². The molecule has 0 fully saturated rings. The van der Waals surface area contributed by atoms with Gasteiger partial charge >= 0.3 is 0 Å². The number of rotatable bonds is 4. The standard InChI is InChI=1S/C16H15BrN4S/c1-11-5-4-6-12(9-11)10-22-16-20-19-15(21(16)18)13-7-2-3-8-14(13)17/h2-9H,10,18H2,1H3. The Morgan fingerprint density at radius 1 is 1.14 bits per heavy atom. The molecular weight excluding hydrogens is 360 g/mol. The van der Waals surface area contributed by atoms with Crippen molar-refractivity contribution in [2.75, 3.05) is 5.84 Å². The van der Waals surface area contributed by atoms with Gasteiger partial charge in [-0.05, 0) is 24.6 Å². The first-order valence-corrected chi connectivity index (χ1v) is 8.57. The number of nitrogen functional groups attached to an aromatic ring is 1. The summed E-state index contributed by atoms with van der Waals surface area (Å²) >= 11 is 5.10. The quantitative estimate of drug-likeness (QED) is 0.553. The minimum absolute atomic E-state index is 0.652. The fourth-order valence-corrected chi connectivity index (χ4v) is 3.41. The Morgan fingerprint density at radius 2 is 1.95 bits per heavy atom. The zero-order valence-corrected chi connectivity index (χ0v) is 14.4. The number of halogens is 1. The Morgan fingerprint density at radius 3 is 2.73 bits per heavy atom. The summed E-state index contributed by atoms with van der Waals surface area (Å²) < 4.78 is 2.49. The molecule has 0 atom stereocenters. The van der Waals surface area contributed by atoms with Gasteiger partial charge in [0.25, 0.3) is 0 Å². The maximum Gasteiger partial charge on any atom is 0.210 e. The lowest BCUT2D eigenvalue weighted by Gasteiger charge is -2.05. The molecule has 0 unspecified atom stereocenters. The van der Waals surface area contributed by atoms with Crippen LogP contribution < -0.4 is 5.84 Å². The van der Waals surface area contributed by atoms with Gasteiger partial charge in [-0.25, -0.2) is 4.68 Å². The minimum atomic E-state index is 0.652. The third kappa shape index (κ3) is 3.18. The van der Waals surface area contributed by atoms with Gasteiger partial charge < -0.3 is 5.84 Å². The van der Waals surface area contributed by atoms with Gasteiger partial charge in [-0.3, -0.25) is 0 Å². The smallest absolute Gasteiger partial charge is 0.210 e. The van der Waals surface area contributed by atoms with Crippen LogP contribution in [0.4, 0.5) is 0 Å². The van der Waals surface area contributed by atoms with Crippen molar-refractivity contribution >= 4 is 27.7 Å². The molecule has 0 spiro atoms. The van der Waals surface area contributed by atoms with E-state index in [1.165, 1.54) is 11.1 Å². The van der Waals surface area contributed by atoms with Gasteiger partial charge in [0.15, 0.2) is 5.82 Å². The van der Waals surface area contributed by atoms with Gasteiger partial charge in [0.1, 0.15) is 0 Å². The highest BCUT2D eigenvalue weighted by Gasteiger charge is 2.14. The molecule has 0 saturated carbocycles. The molecule has 0 saturated heterocycles. The van der Waals surface area contributed by atoms with E-state index >= 15 is 0 Å². The number of aryl methyl sites for hydroxylation is 1. The van der Waals surface area contributed by atoms with E-state index in [-0.39, 0.29) is 0 Å². The van der Waals surface area contributed by atoms with Crippen molar-refractivity contribution in [3.05, 3.63) is 64.1 Å². The monoisotopic (exact) mass is 374 g/mol. The first-order chi connectivity index (χ1) is 10.6. The lowest BCUT2D eigenvalue weighted by Crippen LogP contribution is -2.11. The summed E-state index contributed by atoms with van der Waals surface area (Å²) in [5.41, 5.74) is 3.43. The van der Waals surface area contributed by atoms with Gasteiger partial charge in [-0.15, -0.1) is 10.2 Å². The van der Waals surface area contributed by atoms with Crippen LogP contribution >= 0.6 is 27.7 Å². The van der Waals surface area contributed by atoms with Crippen LogP contribution in [0, 0.1) is 6.92 Å². The van der Waals surface area contributed by atoms with Crippen molar-refractivity contribution in [3.63, 3.8) is 0 Å². The van der Waals surface area contributed by atoms with E-state index in [2.05, 4.69) is 57.3 Å². The highest BCUT2D eigenvalue weighted by Crippen LogP contribution is 2.28. The van der Waals surface area contributed by atoms with E-state index in [0.29, 0.717) is 11.0 Å². The van der Waals surface area contributed by atoms with Crippen molar-refractivity contribution in [2.45, 2.75) is 17.8 Å². The predicted molar refractivity (Wildman–Crippen MR) is 94.0 cm³/mol. The lowest BCUT2D eigenvalue weighted by atomic mass is 10.2. The van der Waals surface area contributed by atoms with Crippen LogP contribution in [0.1, 0.15) is 11.1 Å². The van der Waals surface area contributed by atoms with E-state index in [4.69, 9.17) is 5.84 Å². The molecule has 22 heavy (non-hydrogen) atoms. The fraction of sp³-hybridized carbons (Fsp3) is 0.125. The fourth-order valence-electron chi connectivity index (χ4n) is 2.15. The zero-order valence-electron chi connectivity index (χ0n) is 12.0. The van der Waals surface area contributed by atoms with Crippen molar-refractivity contribution in [1.82, 2.24) is 14.9 Å². The van der Waals surface area contributed by atoms with Crippen molar-refractivity contribution in [1.29, 1.82) is 0 Å². The summed E-state index contributed by atoms with van der Waals surface area (Å²) in [6, 6.07) is 16.3. The zero-order chi connectivity index (χ0) is 15.5. The summed E-state index contributed by atoms with van der Waals surface area (Å²) in [5.74, 6) is 7.61. The second-order valence-electron chi connectivity index (χ2n) is 4.93. The largest absolute Gasteiger partial charge is 0.335 e. The summed E-state index contributed by atoms with van der Waals surface area (Å²) in [5, 5.41) is 9.12. The van der Waals surface area contributed by atoms with E-state index in [9.17, 15) is 0 Å². The Balaban J connectivity index is 1.81. The van der Waals surface area contributed by atoms with E-state index in [0.717, 1.165) is 15.8 Å². The molecule has 0 amide bonds. The maximum atomic E-state index is 6.15. The number of aromatic nitrogens is 3. The third-order valence-corrected chi connectivity index (χ3v) is 4.94. The maximum absolute atomic E-state index is 6.15. The lowest BCUT2D eigenvalue weighted by molar-refractivity contribution is 0.849. The first-order valence-electron chi connectivity index (χ1n) is 6.79. The van der Waals surface area contributed by atoms with Crippen LogP contribution in [-0.2, 0) is 5.75 Å². The molecule has 3 rings (SSSR count). The molecule has 0 radical (unpaired) electrons. The minimum Gasteiger partial charge on any atom is -0.335 e. The van der Waals surface area contributed by atoms with Gasteiger partial charge in [-0.1, -0.05) is 69.7 Å². The molecule has 0 aliphatic rings. The Hall–Kier alpha value is -1.79. The second kappa shape index (κ2) is 6.54. The number of hydrogen-bond donors (Lipinski definition) is 1.